The molecule has 0 N–H and O–H groups in total. The van der Waals surface area contributed by atoms with Gasteiger partial charge < -0.3 is 9.64 Å². The highest BCUT2D eigenvalue weighted by molar-refractivity contribution is 5.27. The van der Waals surface area contributed by atoms with Gasteiger partial charge in [-0.05, 0) is 45.1 Å². The van der Waals surface area contributed by atoms with Crippen LogP contribution in [0.2, 0.25) is 0 Å². The number of nitrogens with zero attached hydrogens (tertiary/aromatic N) is 1. The predicted octanol–water partition coefficient (Wildman–Crippen LogP) is 2.58. The van der Waals surface area contributed by atoms with Crippen molar-refractivity contribution in [1.29, 1.82) is 0 Å². The first-order valence-electron chi connectivity index (χ1n) is 5.51. The van der Waals surface area contributed by atoms with Crippen LogP contribution in [0.5, 0.6) is 5.75 Å². The Morgan fingerprint density at radius 2 is 1.80 bits per heavy atom. The van der Waals surface area contributed by atoms with Gasteiger partial charge in [-0.2, -0.15) is 0 Å². The molecule has 0 heterocycles. The van der Waals surface area contributed by atoms with Gasteiger partial charge in [0.2, 0.25) is 0 Å². The molecular weight excluding hydrogens is 186 g/mol. The summed E-state index contributed by atoms with van der Waals surface area (Å²) in [5, 5.41) is 0. The van der Waals surface area contributed by atoms with Crippen LogP contribution < -0.4 is 4.74 Å². The second-order valence-corrected chi connectivity index (χ2v) is 4.12. The molecule has 2 nitrogen and oxygen atoms in total. The van der Waals surface area contributed by atoms with Gasteiger partial charge in [0, 0.05) is 6.04 Å². The lowest BCUT2D eigenvalue weighted by molar-refractivity contribution is 0.198. The monoisotopic (exact) mass is 207 g/mol. The van der Waals surface area contributed by atoms with E-state index in [9.17, 15) is 0 Å². The van der Waals surface area contributed by atoms with Crippen LogP contribution in [-0.4, -0.2) is 31.6 Å². The van der Waals surface area contributed by atoms with Crippen LogP contribution in [0.25, 0.3) is 0 Å². The largest absolute Gasteiger partial charge is 0.492 e. The lowest BCUT2D eigenvalue weighted by Gasteiger charge is -2.19. The molecule has 0 aliphatic rings. The number of likely N-dealkylation sites (N-methyl/N-ethyl adjacent to an activating group) is 1. The maximum atomic E-state index is 5.69. The predicted molar refractivity (Wildman–Crippen MR) is 64.5 cm³/mol. The summed E-state index contributed by atoms with van der Waals surface area (Å²) in [6, 6.07) is 8.77. The second kappa shape index (κ2) is 5.76. The Morgan fingerprint density at radius 1 is 1.20 bits per heavy atom. The first kappa shape index (κ1) is 12.1. The molecule has 2 heteroatoms. The molecule has 1 rings (SSSR count). The first-order chi connectivity index (χ1) is 7.13. The molecular formula is C13H21NO. The smallest absolute Gasteiger partial charge is 0.119 e. The van der Waals surface area contributed by atoms with Crippen molar-refractivity contribution in [3.8, 4) is 5.75 Å². The Kier molecular flexibility index (Phi) is 4.63. The number of aryl methyl sites for hydroxylation is 1. The lowest BCUT2D eigenvalue weighted by Crippen LogP contribution is -2.30. The third kappa shape index (κ3) is 3.92. The van der Waals surface area contributed by atoms with Crippen LogP contribution in [0, 0.1) is 0 Å². The van der Waals surface area contributed by atoms with Crippen molar-refractivity contribution in [3.63, 3.8) is 0 Å². The van der Waals surface area contributed by atoms with Crippen molar-refractivity contribution < 1.29 is 4.74 Å². The standard InChI is InChI=1S/C13H21NO/c1-5-12-6-8-13(9-7-12)15-10-11(2)14(3)4/h6-9,11H,5,10H2,1-4H3. The number of hydrogen-bond acceptors (Lipinski definition) is 2. The van der Waals surface area contributed by atoms with Gasteiger partial charge in [0.15, 0.2) is 0 Å². The van der Waals surface area contributed by atoms with Crippen LogP contribution in [-0.2, 0) is 6.42 Å². The summed E-state index contributed by atoms with van der Waals surface area (Å²) in [5.74, 6) is 0.959. The summed E-state index contributed by atoms with van der Waals surface area (Å²) in [6.07, 6.45) is 1.08. The number of benzene rings is 1. The molecule has 1 unspecified atom stereocenters. The van der Waals surface area contributed by atoms with Crippen molar-refractivity contribution >= 4 is 0 Å². The van der Waals surface area contributed by atoms with Gasteiger partial charge in [0.1, 0.15) is 12.4 Å². The quantitative estimate of drug-likeness (QED) is 0.736. The fourth-order valence-corrected chi connectivity index (χ4v) is 1.19. The van der Waals surface area contributed by atoms with Gasteiger partial charge in [0.25, 0.3) is 0 Å². The Balaban J connectivity index is 2.44. The maximum Gasteiger partial charge on any atom is 0.119 e. The molecule has 15 heavy (non-hydrogen) atoms. The van der Waals surface area contributed by atoms with E-state index in [1.807, 2.05) is 12.1 Å². The highest BCUT2D eigenvalue weighted by atomic mass is 16.5. The zero-order valence-corrected chi connectivity index (χ0v) is 10.2. The fourth-order valence-electron chi connectivity index (χ4n) is 1.19. The Bertz CT molecular complexity index is 279. The molecule has 0 fully saturated rings. The average molecular weight is 207 g/mol. The summed E-state index contributed by atoms with van der Waals surface area (Å²) >= 11 is 0. The van der Waals surface area contributed by atoms with Crippen molar-refractivity contribution in [2.24, 2.45) is 0 Å². The van der Waals surface area contributed by atoms with E-state index >= 15 is 0 Å². The van der Waals surface area contributed by atoms with E-state index in [4.69, 9.17) is 4.74 Å². The van der Waals surface area contributed by atoms with E-state index in [1.165, 1.54) is 5.56 Å². The van der Waals surface area contributed by atoms with Gasteiger partial charge in [-0.1, -0.05) is 19.1 Å². The van der Waals surface area contributed by atoms with E-state index < -0.39 is 0 Å². The van der Waals surface area contributed by atoms with Crippen molar-refractivity contribution in [1.82, 2.24) is 4.90 Å². The van der Waals surface area contributed by atoms with Gasteiger partial charge in [-0.25, -0.2) is 0 Å². The molecule has 1 aromatic rings. The highest BCUT2D eigenvalue weighted by Crippen LogP contribution is 2.13. The first-order valence-corrected chi connectivity index (χ1v) is 5.51. The molecule has 0 bridgehead atoms. The van der Waals surface area contributed by atoms with Crippen LogP contribution >= 0.6 is 0 Å². The SMILES string of the molecule is CCc1ccc(OCC(C)N(C)C)cc1. The van der Waals surface area contributed by atoms with Crippen LogP contribution in [0.3, 0.4) is 0 Å². The molecule has 1 aromatic carbocycles. The third-order valence-electron chi connectivity index (χ3n) is 2.70. The second-order valence-electron chi connectivity index (χ2n) is 4.12. The van der Waals surface area contributed by atoms with E-state index in [0.29, 0.717) is 6.04 Å². The molecule has 0 saturated heterocycles. The Hall–Kier alpha value is -1.02. The summed E-state index contributed by atoms with van der Waals surface area (Å²) in [6.45, 7) is 5.04. The zero-order chi connectivity index (χ0) is 11.3. The molecule has 84 valence electrons. The fraction of sp³-hybridized carbons (Fsp3) is 0.538. The van der Waals surface area contributed by atoms with E-state index in [1.54, 1.807) is 0 Å². The average Bonchev–Trinajstić information content (AvgIpc) is 2.26. The summed E-state index contributed by atoms with van der Waals surface area (Å²) in [4.78, 5) is 2.15. The highest BCUT2D eigenvalue weighted by Gasteiger charge is 2.04. The lowest BCUT2D eigenvalue weighted by atomic mass is 10.2. The van der Waals surface area contributed by atoms with Crippen molar-refractivity contribution in [2.75, 3.05) is 20.7 Å². The van der Waals surface area contributed by atoms with E-state index in [-0.39, 0.29) is 0 Å². The van der Waals surface area contributed by atoms with Gasteiger partial charge in [-0.3, -0.25) is 0 Å². The van der Waals surface area contributed by atoms with Crippen LogP contribution in [0.1, 0.15) is 19.4 Å². The minimum Gasteiger partial charge on any atom is -0.492 e. The Morgan fingerprint density at radius 3 is 2.27 bits per heavy atom. The van der Waals surface area contributed by atoms with Gasteiger partial charge in [-0.15, -0.1) is 0 Å². The maximum absolute atomic E-state index is 5.69. The summed E-state index contributed by atoms with van der Waals surface area (Å²) in [7, 11) is 4.13. The molecule has 1 atom stereocenters. The van der Waals surface area contributed by atoms with Gasteiger partial charge in [0.05, 0.1) is 0 Å². The van der Waals surface area contributed by atoms with Gasteiger partial charge >= 0.3 is 0 Å². The minimum absolute atomic E-state index is 0.441. The van der Waals surface area contributed by atoms with Crippen molar-refractivity contribution in [2.45, 2.75) is 26.3 Å². The topological polar surface area (TPSA) is 12.5 Å². The molecule has 0 saturated carbocycles. The molecule has 0 aliphatic carbocycles. The summed E-state index contributed by atoms with van der Waals surface area (Å²) < 4.78 is 5.69. The van der Waals surface area contributed by atoms with E-state index in [2.05, 4.69) is 45.0 Å². The number of hydrogen-bond donors (Lipinski definition) is 0. The molecule has 0 spiro atoms. The zero-order valence-electron chi connectivity index (χ0n) is 10.2. The number of ether oxygens (including phenoxy) is 1. The Labute approximate surface area is 92.9 Å². The third-order valence-corrected chi connectivity index (χ3v) is 2.70. The van der Waals surface area contributed by atoms with E-state index in [0.717, 1.165) is 18.8 Å². The van der Waals surface area contributed by atoms with Crippen molar-refractivity contribution in [3.05, 3.63) is 29.8 Å². The normalized spacial score (nSPS) is 12.9. The van der Waals surface area contributed by atoms with Crippen LogP contribution in [0.15, 0.2) is 24.3 Å². The van der Waals surface area contributed by atoms with Crippen LogP contribution in [0.4, 0.5) is 0 Å². The minimum atomic E-state index is 0.441. The molecule has 0 aromatic heterocycles. The number of rotatable bonds is 5. The summed E-state index contributed by atoms with van der Waals surface area (Å²) in [5.41, 5.74) is 1.35. The molecule has 0 amide bonds. The molecule has 0 aliphatic heterocycles. The molecule has 0 radical (unpaired) electrons.